The van der Waals surface area contributed by atoms with E-state index in [0.29, 0.717) is 45.3 Å². The number of carbonyl (C=O) groups is 2. The number of ether oxygens (including phenoxy) is 1. The molecule has 0 radical (unpaired) electrons. The van der Waals surface area contributed by atoms with E-state index >= 15 is 0 Å². The van der Waals surface area contributed by atoms with Crippen molar-refractivity contribution in [3.8, 4) is 5.75 Å². The Balaban J connectivity index is 0.00000304. The number of nitrogens with zero attached hydrogens (tertiary/aromatic N) is 3. The summed E-state index contributed by atoms with van der Waals surface area (Å²) in [6.45, 7) is 3.75. The first-order chi connectivity index (χ1) is 17.0. The van der Waals surface area contributed by atoms with Gasteiger partial charge in [-0.05, 0) is 50.7 Å². The first kappa shape index (κ1) is 27.1. The molecule has 0 spiro atoms. The van der Waals surface area contributed by atoms with Gasteiger partial charge in [0.15, 0.2) is 0 Å². The lowest BCUT2D eigenvalue weighted by Crippen LogP contribution is -2.50. The van der Waals surface area contributed by atoms with Crippen molar-refractivity contribution >= 4 is 29.9 Å². The number of amides is 2. The van der Waals surface area contributed by atoms with Gasteiger partial charge in [0, 0.05) is 57.8 Å². The highest BCUT2D eigenvalue weighted by atomic mass is 35.5. The van der Waals surface area contributed by atoms with Gasteiger partial charge in [-0.1, -0.05) is 0 Å². The number of anilines is 1. The molecule has 2 atom stereocenters. The molecule has 4 fully saturated rings. The SMILES string of the molecule is Cl.O=C1CC(CNC2CC2)C(=O)N1CC(O)CN1CCN(c2cc(F)ccc2OC2CCCC2)CC1. The Bertz CT molecular complexity index is 919. The second kappa shape index (κ2) is 12.1. The Morgan fingerprint density at radius 1 is 1.06 bits per heavy atom. The quantitative estimate of drug-likeness (QED) is 0.454. The maximum absolute atomic E-state index is 14.1. The van der Waals surface area contributed by atoms with Crippen molar-refractivity contribution in [3.05, 3.63) is 24.0 Å². The number of nitrogens with one attached hydrogen (secondary N) is 1. The van der Waals surface area contributed by atoms with Gasteiger partial charge in [0.1, 0.15) is 11.6 Å². The first-order valence-electron chi connectivity index (χ1n) is 13.2. The minimum absolute atomic E-state index is 0. The molecule has 5 rings (SSSR count). The molecule has 2 unspecified atom stereocenters. The molecule has 0 bridgehead atoms. The predicted molar refractivity (Wildman–Crippen MR) is 137 cm³/mol. The van der Waals surface area contributed by atoms with Crippen molar-refractivity contribution in [1.82, 2.24) is 15.1 Å². The highest BCUT2D eigenvalue weighted by Crippen LogP contribution is 2.33. The van der Waals surface area contributed by atoms with Crippen LogP contribution in [0.2, 0.25) is 0 Å². The summed E-state index contributed by atoms with van der Waals surface area (Å²) in [5, 5.41) is 14.0. The standard InChI is InChI=1S/C26H37FN4O4.ClH/c27-19-5-8-24(35-22-3-1-2-4-22)23(14-19)30-11-9-29(10-12-30)16-21(32)17-31-25(33)13-18(26(31)34)15-28-20-6-7-20;/h5,8,14,18,20-22,28,32H,1-4,6-7,9-13,15-17H2;1H. The number of halogens is 2. The molecule has 2 saturated heterocycles. The van der Waals surface area contributed by atoms with Crippen LogP contribution in [0.4, 0.5) is 10.1 Å². The molecule has 10 heteroatoms. The topological polar surface area (TPSA) is 85.3 Å². The number of aliphatic hydroxyl groups excluding tert-OH is 1. The first-order valence-corrected chi connectivity index (χ1v) is 13.2. The smallest absolute Gasteiger partial charge is 0.234 e. The number of carbonyl (C=O) groups excluding carboxylic acids is 2. The number of rotatable bonds is 10. The minimum Gasteiger partial charge on any atom is -0.488 e. The summed E-state index contributed by atoms with van der Waals surface area (Å²) in [4.78, 5) is 30.5. The molecule has 1 aromatic carbocycles. The number of imide groups is 1. The van der Waals surface area contributed by atoms with Gasteiger partial charge in [0.2, 0.25) is 11.8 Å². The molecule has 2 aliphatic heterocycles. The van der Waals surface area contributed by atoms with E-state index in [9.17, 15) is 19.1 Å². The van der Waals surface area contributed by atoms with Gasteiger partial charge in [0.05, 0.1) is 30.4 Å². The van der Waals surface area contributed by atoms with Crippen molar-refractivity contribution in [2.75, 3.05) is 50.7 Å². The number of hydrogen-bond donors (Lipinski definition) is 2. The number of β-amino-alcohol motifs (C(OH)–C–C–N with tert-alkyl or cyclic N) is 1. The number of benzene rings is 1. The van der Waals surface area contributed by atoms with E-state index in [2.05, 4.69) is 15.1 Å². The molecule has 4 aliphatic rings. The zero-order valence-corrected chi connectivity index (χ0v) is 21.6. The van der Waals surface area contributed by atoms with Gasteiger partial charge in [-0.25, -0.2) is 4.39 Å². The third-order valence-electron chi connectivity index (χ3n) is 7.66. The molecular weight excluding hydrogens is 487 g/mol. The Kier molecular flexibility index (Phi) is 9.09. The lowest BCUT2D eigenvalue weighted by atomic mass is 10.1. The average Bonchev–Trinajstić information content (AvgIpc) is 3.47. The number of aliphatic hydroxyl groups is 1. The van der Waals surface area contributed by atoms with E-state index in [1.165, 1.54) is 23.8 Å². The molecule has 2 aliphatic carbocycles. The zero-order chi connectivity index (χ0) is 24.4. The molecule has 1 aromatic rings. The van der Waals surface area contributed by atoms with E-state index in [0.717, 1.165) is 37.1 Å². The third kappa shape index (κ3) is 6.68. The molecule has 36 heavy (non-hydrogen) atoms. The Hall–Kier alpha value is -1.94. The van der Waals surface area contributed by atoms with E-state index in [4.69, 9.17) is 4.74 Å². The van der Waals surface area contributed by atoms with Gasteiger partial charge in [0.25, 0.3) is 0 Å². The summed E-state index contributed by atoms with van der Waals surface area (Å²) < 4.78 is 20.3. The van der Waals surface area contributed by atoms with Crippen LogP contribution in [0.5, 0.6) is 5.75 Å². The fourth-order valence-electron chi connectivity index (χ4n) is 5.46. The van der Waals surface area contributed by atoms with Crippen molar-refractivity contribution in [2.24, 2.45) is 5.92 Å². The van der Waals surface area contributed by atoms with Crippen molar-refractivity contribution in [2.45, 2.75) is 63.2 Å². The highest BCUT2D eigenvalue weighted by Gasteiger charge is 2.40. The lowest BCUT2D eigenvalue weighted by Gasteiger charge is -2.38. The van der Waals surface area contributed by atoms with Crippen LogP contribution in [0, 0.1) is 11.7 Å². The maximum Gasteiger partial charge on any atom is 0.234 e. The van der Waals surface area contributed by atoms with E-state index < -0.39 is 6.10 Å². The molecule has 200 valence electrons. The normalized spacial score (nSPS) is 24.3. The van der Waals surface area contributed by atoms with Gasteiger partial charge in [-0.2, -0.15) is 0 Å². The van der Waals surface area contributed by atoms with E-state index in [1.807, 2.05) is 0 Å². The van der Waals surface area contributed by atoms with Crippen LogP contribution >= 0.6 is 12.4 Å². The average molecular weight is 525 g/mol. The highest BCUT2D eigenvalue weighted by molar-refractivity contribution is 6.03. The molecule has 2 heterocycles. The van der Waals surface area contributed by atoms with E-state index in [1.54, 1.807) is 12.1 Å². The van der Waals surface area contributed by atoms with Gasteiger partial charge in [-0.3, -0.25) is 19.4 Å². The molecular formula is C26H38ClFN4O4. The Morgan fingerprint density at radius 2 is 1.78 bits per heavy atom. The van der Waals surface area contributed by atoms with Gasteiger partial charge < -0.3 is 20.1 Å². The molecule has 0 aromatic heterocycles. The number of piperazine rings is 1. The summed E-state index contributed by atoms with van der Waals surface area (Å²) in [5.41, 5.74) is 0.788. The van der Waals surface area contributed by atoms with Crippen LogP contribution in [0.15, 0.2) is 18.2 Å². The summed E-state index contributed by atoms with van der Waals surface area (Å²) >= 11 is 0. The van der Waals surface area contributed by atoms with Crippen molar-refractivity contribution in [1.29, 1.82) is 0 Å². The summed E-state index contributed by atoms with van der Waals surface area (Å²) in [6.07, 6.45) is 6.35. The van der Waals surface area contributed by atoms with Gasteiger partial charge in [-0.15, -0.1) is 12.4 Å². The van der Waals surface area contributed by atoms with E-state index in [-0.39, 0.29) is 55.0 Å². The minimum atomic E-state index is -0.792. The van der Waals surface area contributed by atoms with Crippen LogP contribution in [0.3, 0.4) is 0 Å². The van der Waals surface area contributed by atoms with Crippen LogP contribution < -0.4 is 15.0 Å². The molecule has 2 amide bonds. The zero-order valence-electron chi connectivity index (χ0n) is 20.7. The second-order valence-electron chi connectivity index (χ2n) is 10.5. The summed E-state index contributed by atoms with van der Waals surface area (Å²) in [5.74, 6) is -0.216. The van der Waals surface area contributed by atoms with Crippen LogP contribution in [-0.2, 0) is 9.59 Å². The van der Waals surface area contributed by atoms with Gasteiger partial charge >= 0.3 is 0 Å². The fourth-order valence-corrected chi connectivity index (χ4v) is 5.46. The van der Waals surface area contributed by atoms with Crippen molar-refractivity contribution < 1.29 is 23.8 Å². The Morgan fingerprint density at radius 3 is 2.47 bits per heavy atom. The fraction of sp³-hybridized carbons (Fsp3) is 0.692. The third-order valence-corrected chi connectivity index (χ3v) is 7.66. The van der Waals surface area contributed by atoms with Crippen molar-refractivity contribution in [3.63, 3.8) is 0 Å². The molecule has 2 saturated carbocycles. The largest absolute Gasteiger partial charge is 0.488 e. The number of likely N-dealkylation sites (tertiary alicyclic amines) is 1. The number of hydrogen-bond acceptors (Lipinski definition) is 7. The van der Waals surface area contributed by atoms with Crippen LogP contribution in [-0.4, -0.2) is 90.8 Å². The molecule has 2 N–H and O–H groups in total. The summed E-state index contributed by atoms with van der Waals surface area (Å²) in [7, 11) is 0. The maximum atomic E-state index is 14.1. The lowest BCUT2D eigenvalue weighted by molar-refractivity contribution is -0.141. The monoisotopic (exact) mass is 524 g/mol. The Labute approximate surface area is 218 Å². The summed E-state index contributed by atoms with van der Waals surface area (Å²) in [6, 6.07) is 5.23. The second-order valence-corrected chi connectivity index (χ2v) is 10.5. The van der Waals surface area contributed by atoms with Crippen LogP contribution in [0.1, 0.15) is 44.9 Å². The van der Waals surface area contributed by atoms with Crippen LogP contribution in [0.25, 0.3) is 0 Å². The molecule has 8 nitrogen and oxygen atoms in total. The predicted octanol–water partition coefficient (Wildman–Crippen LogP) is 2.18.